The summed E-state index contributed by atoms with van der Waals surface area (Å²) in [6.07, 6.45) is 11.5. The van der Waals surface area contributed by atoms with Crippen molar-refractivity contribution >= 4 is 11.6 Å². The Kier molecular flexibility index (Phi) is 6.56. The predicted molar refractivity (Wildman–Crippen MR) is 74.2 cm³/mol. The zero-order chi connectivity index (χ0) is 12.3. The van der Waals surface area contributed by atoms with Gasteiger partial charge in [0, 0.05) is 43.6 Å². The Hall–Kier alpha value is -0.166. The second-order valence-electron chi connectivity index (χ2n) is 4.40. The van der Waals surface area contributed by atoms with Gasteiger partial charge in [-0.3, -0.25) is 6.08 Å². The first-order chi connectivity index (χ1) is 8.22. The van der Waals surface area contributed by atoms with Gasteiger partial charge in [0.1, 0.15) is 0 Å². The number of rotatable bonds is 3. The van der Waals surface area contributed by atoms with Gasteiger partial charge >= 0.3 is 0 Å². The molecule has 0 aromatic heterocycles. The quantitative estimate of drug-likeness (QED) is 0.548. The van der Waals surface area contributed by atoms with Gasteiger partial charge in [-0.1, -0.05) is 48.0 Å². The Morgan fingerprint density at radius 1 is 1.33 bits per heavy atom. The smallest absolute Gasteiger partial charge is 0.0438 e. The number of halogens is 1. The topological polar surface area (TPSA) is 0 Å². The molecule has 0 aliphatic heterocycles. The molecule has 0 nitrogen and oxygen atoms in total. The van der Waals surface area contributed by atoms with E-state index in [-0.39, 0.29) is 38.6 Å². The summed E-state index contributed by atoms with van der Waals surface area (Å²) in [5.74, 6) is 0.536. The summed E-state index contributed by atoms with van der Waals surface area (Å²) in [5.41, 5.74) is 2.27. The van der Waals surface area contributed by atoms with Crippen molar-refractivity contribution in [2.45, 2.75) is 19.3 Å². The third-order valence-corrected chi connectivity index (χ3v) is 3.60. The molecule has 0 heterocycles. The van der Waals surface area contributed by atoms with E-state index in [9.17, 15) is 0 Å². The van der Waals surface area contributed by atoms with E-state index in [4.69, 9.17) is 18.2 Å². The first-order valence-corrected chi connectivity index (χ1v) is 6.24. The molecule has 1 aliphatic rings. The number of hydrogen-bond donors (Lipinski definition) is 0. The van der Waals surface area contributed by atoms with Gasteiger partial charge in [0.25, 0.3) is 0 Å². The van der Waals surface area contributed by atoms with E-state index in [1.165, 1.54) is 5.56 Å². The molecule has 0 saturated heterocycles. The molecule has 0 N–H and O–H groups in total. The van der Waals surface area contributed by atoms with Crippen molar-refractivity contribution in [2.24, 2.45) is 5.92 Å². The van der Waals surface area contributed by atoms with Crippen LogP contribution in [0.15, 0.2) is 48.6 Å². The molecule has 91 valence electrons. The van der Waals surface area contributed by atoms with E-state index >= 15 is 0 Å². The van der Waals surface area contributed by atoms with E-state index in [0.717, 1.165) is 17.0 Å². The van der Waals surface area contributed by atoms with Crippen molar-refractivity contribution in [3.8, 4) is 0 Å². The fraction of sp³-hybridized carbons (Fsp3) is 0.250. The molecule has 2 rings (SSSR count). The summed E-state index contributed by atoms with van der Waals surface area (Å²) in [5, 5.41) is 0.804. The van der Waals surface area contributed by atoms with Gasteiger partial charge in [0.15, 0.2) is 0 Å². The normalized spacial score (nSPS) is 16.1. The molecular weight excluding hydrogens is 317 g/mol. The van der Waals surface area contributed by atoms with Gasteiger partial charge < -0.3 is 6.58 Å². The van der Waals surface area contributed by atoms with Crippen LogP contribution < -0.4 is 0 Å². The van der Waals surface area contributed by atoms with Crippen molar-refractivity contribution in [3.63, 3.8) is 0 Å². The summed E-state index contributed by atoms with van der Waals surface area (Å²) in [6.45, 7) is 7.80. The van der Waals surface area contributed by atoms with Gasteiger partial charge in [-0.2, -0.15) is 0 Å². The fourth-order valence-electron chi connectivity index (χ4n) is 2.13. The Bertz CT molecular complexity index is 462. The summed E-state index contributed by atoms with van der Waals surface area (Å²) in [6, 6.07) is 6.16. The van der Waals surface area contributed by atoms with Gasteiger partial charge in [-0.25, -0.2) is 0 Å². The Balaban J connectivity index is 0.00000162. The van der Waals surface area contributed by atoms with E-state index in [1.807, 2.05) is 19.1 Å². The molecule has 0 amide bonds. The summed E-state index contributed by atoms with van der Waals surface area (Å²) < 4.78 is 0. The molecule has 0 spiro atoms. The van der Waals surface area contributed by atoms with Gasteiger partial charge in [0.05, 0.1) is 0 Å². The third kappa shape index (κ3) is 3.66. The van der Waals surface area contributed by atoms with Crippen LogP contribution in [0.1, 0.15) is 23.5 Å². The zero-order valence-corrected chi connectivity index (χ0v) is 14.1. The van der Waals surface area contributed by atoms with Crippen LogP contribution in [-0.4, -0.2) is 0 Å². The molecule has 1 atom stereocenters. The molecule has 1 aromatic carbocycles. The van der Waals surface area contributed by atoms with Crippen LogP contribution in [0, 0.1) is 19.4 Å². The Morgan fingerprint density at radius 2 is 2.00 bits per heavy atom. The Labute approximate surface area is 140 Å². The minimum atomic E-state index is 0. The van der Waals surface area contributed by atoms with Crippen molar-refractivity contribution in [2.75, 3.05) is 0 Å². The number of benzene rings is 1. The van der Waals surface area contributed by atoms with Crippen LogP contribution in [0.3, 0.4) is 0 Å². The van der Waals surface area contributed by atoms with E-state index in [2.05, 4.69) is 30.4 Å². The van der Waals surface area contributed by atoms with Crippen LogP contribution in [0.4, 0.5) is 0 Å². The molecule has 0 bridgehead atoms. The number of allylic oxidation sites excluding steroid dienone is 5. The maximum Gasteiger partial charge on any atom is 0.0438 e. The molecule has 18 heavy (non-hydrogen) atoms. The molecule has 0 saturated carbocycles. The molecular formula is C16H16ClY-. The summed E-state index contributed by atoms with van der Waals surface area (Å²) >= 11 is 6.16. The van der Waals surface area contributed by atoms with Crippen LogP contribution in [0.25, 0.3) is 0 Å². The van der Waals surface area contributed by atoms with Crippen molar-refractivity contribution in [1.29, 1.82) is 0 Å². The molecule has 0 fully saturated rings. The molecule has 1 aromatic rings. The summed E-state index contributed by atoms with van der Waals surface area (Å²) in [7, 11) is 0. The van der Waals surface area contributed by atoms with Crippen LogP contribution in [-0.2, 0) is 32.7 Å². The van der Waals surface area contributed by atoms with Gasteiger partial charge in [0.2, 0.25) is 0 Å². The number of aryl methyl sites for hydroxylation is 1. The molecule has 2 heteroatoms. The summed E-state index contributed by atoms with van der Waals surface area (Å²) in [4.78, 5) is 0. The maximum atomic E-state index is 6.16. The monoisotopic (exact) mass is 332 g/mol. The van der Waals surface area contributed by atoms with Crippen molar-refractivity contribution in [3.05, 3.63) is 71.3 Å². The second-order valence-corrected chi connectivity index (χ2v) is 4.80. The zero-order valence-electron chi connectivity index (χ0n) is 10.5. The molecule has 1 aliphatic carbocycles. The van der Waals surface area contributed by atoms with E-state index in [1.54, 1.807) is 6.08 Å². The minimum absolute atomic E-state index is 0. The van der Waals surface area contributed by atoms with Crippen LogP contribution in [0.2, 0.25) is 5.02 Å². The fourth-order valence-corrected chi connectivity index (χ4v) is 2.32. The standard InChI is InChI=1S/C16H16Cl.Y/c1-3-15(13-7-5-4-6-8-13)14-10-9-12(2)16(17)11-14;/h1,3,5-11,13,15H,4H2,2H3;/q-1;/t15-;/m1./s1. The van der Waals surface area contributed by atoms with Crippen molar-refractivity contribution < 1.29 is 32.7 Å². The van der Waals surface area contributed by atoms with Crippen LogP contribution in [0.5, 0.6) is 0 Å². The molecule has 0 unspecified atom stereocenters. The molecule has 1 radical (unpaired) electrons. The largest absolute Gasteiger partial charge is 0.517 e. The minimum Gasteiger partial charge on any atom is -0.517 e. The first kappa shape index (κ1) is 15.9. The van der Waals surface area contributed by atoms with Gasteiger partial charge in [-0.15, -0.1) is 0 Å². The number of hydrogen-bond acceptors (Lipinski definition) is 0. The van der Waals surface area contributed by atoms with E-state index in [0.29, 0.717) is 5.92 Å². The average molecular weight is 333 g/mol. The van der Waals surface area contributed by atoms with Crippen LogP contribution >= 0.6 is 11.6 Å². The Morgan fingerprint density at radius 3 is 2.56 bits per heavy atom. The van der Waals surface area contributed by atoms with Gasteiger partial charge in [-0.05, 0) is 36.5 Å². The first-order valence-electron chi connectivity index (χ1n) is 5.87. The third-order valence-electron chi connectivity index (χ3n) is 3.19. The van der Waals surface area contributed by atoms with Crippen molar-refractivity contribution in [1.82, 2.24) is 0 Å². The average Bonchev–Trinajstić information content (AvgIpc) is 2.36. The second kappa shape index (κ2) is 7.43. The van der Waals surface area contributed by atoms with E-state index < -0.39 is 0 Å². The predicted octanol–water partition coefficient (Wildman–Crippen LogP) is 4.85. The maximum absolute atomic E-state index is 6.16. The SMILES string of the molecule is [CH-]=C[C@@H](c1ccc(C)c(Cl)c1)C1C=CCC=C1.[Y].